The van der Waals surface area contributed by atoms with Crippen LogP contribution in [-0.4, -0.2) is 42.1 Å². The largest absolute Gasteiger partial charge is 0.495 e. The number of carbonyl (C=O) groups is 3. The molecule has 0 bridgehead atoms. The fraction of sp³-hybridized carbons (Fsp3) is 0.409. The van der Waals surface area contributed by atoms with Crippen molar-refractivity contribution in [3.8, 4) is 5.75 Å². The molecule has 0 aliphatic rings. The lowest BCUT2D eigenvalue weighted by atomic mass is 10.1. The Hall–Kier alpha value is -3.00. The number of aromatic amines is 1. The smallest absolute Gasteiger partial charge is 0.355 e. The van der Waals surface area contributed by atoms with E-state index in [1.807, 2.05) is 0 Å². The highest BCUT2D eigenvalue weighted by Crippen LogP contribution is 2.31. The van der Waals surface area contributed by atoms with E-state index in [1.165, 1.54) is 14.0 Å². The van der Waals surface area contributed by atoms with Gasteiger partial charge in [0, 0.05) is 16.8 Å². The van der Waals surface area contributed by atoms with Gasteiger partial charge in [-0.1, -0.05) is 11.6 Å². The highest BCUT2D eigenvalue weighted by atomic mass is 35.5. The molecule has 8 nitrogen and oxygen atoms in total. The fourth-order valence-corrected chi connectivity index (χ4v) is 3.12. The molecule has 0 saturated heterocycles. The van der Waals surface area contributed by atoms with Gasteiger partial charge in [-0.3, -0.25) is 4.79 Å². The normalized spacial score (nSPS) is 11.8. The number of carbonyl (C=O) groups excluding carboxylic acids is 3. The Morgan fingerprint density at radius 2 is 1.68 bits per heavy atom. The van der Waals surface area contributed by atoms with Crippen molar-refractivity contribution in [2.45, 2.75) is 53.8 Å². The number of nitrogens with one attached hydrogen (secondary N) is 2. The van der Waals surface area contributed by atoms with Crippen LogP contribution in [0.3, 0.4) is 0 Å². The zero-order valence-corrected chi connectivity index (χ0v) is 19.4. The summed E-state index contributed by atoms with van der Waals surface area (Å²) in [6, 6.07) is 3.25. The second kappa shape index (κ2) is 9.87. The first-order chi connectivity index (χ1) is 14.5. The minimum absolute atomic E-state index is 0.0905. The molecule has 1 aromatic heterocycles. The van der Waals surface area contributed by atoms with E-state index >= 15 is 0 Å². The van der Waals surface area contributed by atoms with Crippen molar-refractivity contribution < 1.29 is 28.6 Å². The Morgan fingerprint density at radius 3 is 2.26 bits per heavy atom. The second-order valence-corrected chi connectivity index (χ2v) is 7.82. The third-order valence-electron chi connectivity index (χ3n) is 4.58. The summed E-state index contributed by atoms with van der Waals surface area (Å²) >= 11 is 6.08. The van der Waals surface area contributed by atoms with Gasteiger partial charge in [-0.2, -0.15) is 0 Å². The van der Waals surface area contributed by atoms with Crippen molar-refractivity contribution in [2.24, 2.45) is 0 Å². The minimum Gasteiger partial charge on any atom is -0.495 e. The molecule has 2 rings (SSSR count). The average Bonchev–Trinajstić information content (AvgIpc) is 2.98. The second-order valence-electron chi connectivity index (χ2n) is 7.42. The Labute approximate surface area is 186 Å². The van der Waals surface area contributed by atoms with Crippen LogP contribution in [0.5, 0.6) is 5.75 Å². The number of aromatic nitrogens is 1. The zero-order valence-electron chi connectivity index (χ0n) is 18.6. The number of hydrogen-bond acceptors (Lipinski definition) is 6. The maximum absolute atomic E-state index is 12.6. The van der Waals surface area contributed by atoms with E-state index in [0.29, 0.717) is 27.7 Å². The third kappa shape index (κ3) is 5.58. The van der Waals surface area contributed by atoms with Gasteiger partial charge in [0.15, 0.2) is 6.10 Å². The molecule has 0 spiro atoms. The van der Waals surface area contributed by atoms with E-state index in [9.17, 15) is 14.4 Å². The molecule has 2 N–H and O–H groups in total. The lowest BCUT2D eigenvalue weighted by Gasteiger charge is -2.16. The van der Waals surface area contributed by atoms with Crippen molar-refractivity contribution in [2.75, 3.05) is 12.4 Å². The van der Waals surface area contributed by atoms with Crippen molar-refractivity contribution in [1.29, 1.82) is 0 Å². The molecule has 0 aliphatic heterocycles. The standard InChI is InChI=1S/C22H27ClN2O6/c1-10(2)30-21(27)18-12(4)19(24-13(18)5)22(28)31-14(6)20(26)25-16-8-11(3)15(23)9-17(16)29-7/h8-10,14,24H,1-7H3,(H,25,26). The molecule has 0 fully saturated rings. The van der Waals surface area contributed by atoms with Crippen LogP contribution in [0.4, 0.5) is 5.69 Å². The first kappa shape index (κ1) is 24.3. The summed E-state index contributed by atoms with van der Waals surface area (Å²) in [7, 11) is 1.46. The SMILES string of the molecule is COc1cc(Cl)c(C)cc1NC(=O)C(C)OC(=O)c1[nH]c(C)c(C(=O)OC(C)C)c1C. The van der Waals surface area contributed by atoms with Crippen LogP contribution < -0.4 is 10.1 Å². The van der Waals surface area contributed by atoms with Gasteiger partial charge in [0.25, 0.3) is 5.91 Å². The zero-order chi connectivity index (χ0) is 23.5. The molecule has 1 atom stereocenters. The van der Waals surface area contributed by atoms with E-state index in [2.05, 4.69) is 10.3 Å². The number of rotatable bonds is 7. The summed E-state index contributed by atoms with van der Waals surface area (Å²) in [5.74, 6) is -1.46. The van der Waals surface area contributed by atoms with E-state index < -0.39 is 23.9 Å². The summed E-state index contributed by atoms with van der Waals surface area (Å²) < 4.78 is 15.8. The summed E-state index contributed by atoms with van der Waals surface area (Å²) in [4.78, 5) is 40.4. The molecule has 31 heavy (non-hydrogen) atoms. The van der Waals surface area contributed by atoms with Gasteiger partial charge < -0.3 is 24.5 Å². The van der Waals surface area contributed by atoms with Crippen LogP contribution >= 0.6 is 11.6 Å². The lowest BCUT2D eigenvalue weighted by molar-refractivity contribution is -0.123. The highest BCUT2D eigenvalue weighted by Gasteiger charge is 2.27. The summed E-state index contributed by atoms with van der Waals surface area (Å²) in [6.45, 7) is 9.99. The maximum atomic E-state index is 12.6. The Morgan fingerprint density at radius 1 is 1.03 bits per heavy atom. The van der Waals surface area contributed by atoms with Gasteiger partial charge in [-0.05, 0) is 58.7 Å². The molecule has 168 valence electrons. The van der Waals surface area contributed by atoms with Gasteiger partial charge in [-0.25, -0.2) is 9.59 Å². The van der Waals surface area contributed by atoms with Gasteiger partial charge in [-0.15, -0.1) is 0 Å². The van der Waals surface area contributed by atoms with Crippen molar-refractivity contribution in [3.63, 3.8) is 0 Å². The van der Waals surface area contributed by atoms with Crippen LogP contribution in [0, 0.1) is 20.8 Å². The van der Waals surface area contributed by atoms with E-state index in [0.717, 1.165) is 5.56 Å². The number of anilines is 1. The summed E-state index contributed by atoms with van der Waals surface area (Å²) in [5.41, 5.74) is 2.40. The minimum atomic E-state index is -1.11. The summed E-state index contributed by atoms with van der Waals surface area (Å²) in [6.07, 6.45) is -1.41. The van der Waals surface area contributed by atoms with Gasteiger partial charge in [0.1, 0.15) is 11.4 Å². The molecule has 0 radical (unpaired) electrons. The number of H-pyrrole nitrogens is 1. The molecule has 1 amide bonds. The van der Waals surface area contributed by atoms with E-state index in [-0.39, 0.29) is 17.4 Å². The van der Waals surface area contributed by atoms with Gasteiger partial charge >= 0.3 is 11.9 Å². The van der Waals surface area contributed by atoms with Gasteiger partial charge in [0.05, 0.1) is 24.5 Å². The van der Waals surface area contributed by atoms with Crippen LogP contribution in [0.2, 0.25) is 5.02 Å². The third-order valence-corrected chi connectivity index (χ3v) is 4.99. The van der Waals surface area contributed by atoms with Gasteiger partial charge in [0.2, 0.25) is 0 Å². The van der Waals surface area contributed by atoms with Crippen LogP contribution in [0.25, 0.3) is 0 Å². The number of ether oxygens (including phenoxy) is 3. The highest BCUT2D eigenvalue weighted by molar-refractivity contribution is 6.31. The Balaban J connectivity index is 2.15. The Bertz CT molecular complexity index is 1010. The number of methoxy groups -OCH3 is 1. The maximum Gasteiger partial charge on any atom is 0.355 e. The molecular formula is C22H27ClN2O6. The monoisotopic (exact) mass is 450 g/mol. The number of halogens is 1. The van der Waals surface area contributed by atoms with Crippen molar-refractivity contribution in [3.05, 3.63) is 45.2 Å². The first-order valence-electron chi connectivity index (χ1n) is 9.72. The molecular weight excluding hydrogens is 424 g/mol. The predicted molar refractivity (Wildman–Crippen MR) is 117 cm³/mol. The predicted octanol–water partition coefficient (Wildman–Crippen LogP) is 4.35. The number of hydrogen-bond donors (Lipinski definition) is 2. The molecule has 1 aromatic carbocycles. The average molecular weight is 451 g/mol. The number of aryl methyl sites for hydroxylation is 2. The lowest BCUT2D eigenvalue weighted by Crippen LogP contribution is -2.30. The van der Waals surface area contributed by atoms with Crippen LogP contribution in [0.1, 0.15) is 58.4 Å². The number of amides is 1. The molecule has 1 unspecified atom stereocenters. The summed E-state index contributed by atoms with van der Waals surface area (Å²) in [5, 5.41) is 3.17. The van der Waals surface area contributed by atoms with Crippen molar-refractivity contribution >= 4 is 35.1 Å². The molecule has 0 saturated carbocycles. The topological polar surface area (TPSA) is 107 Å². The molecule has 1 heterocycles. The van der Waals surface area contributed by atoms with Crippen LogP contribution in [0.15, 0.2) is 12.1 Å². The quantitative estimate of drug-likeness (QED) is 0.607. The van der Waals surface area contributed by atoms with E-state index in [4.69, 9.17) is 25.8 Å². The first-order valence-corrected chi connectivity index (χ1v) is 10.1. The fourth-order valence-electron chi connectivity index (χ4n) is 2.97. The number of esters is 2. The Kier molecular flexibility index (Phi) is 7.73. The van der Waals surface area contributed by atoms with E-state index in [1.54, 1.807) is 46.8 Å². The molecule has 9 heteroatoms. The number of benzene rings is 1. The molecule has 0 aliphatic carbocycles. The molecule has 2 aromatic rings. The van der Waals surface area contributed by atoms with Crippen molar-refractivity contribution in [1.82, 2.24) is 4.98 Å². The van der Waals surface area contributed by atoms with Crippen LogP contribution in [-0.2, 0) is 14.3 Å².